The third-order valence-corrected chi connectivity index (χ3v) is 2.32. The van der Waals surface area contributed by atoms with Crippen molar-refractivity contribution in [2.75, 3.05) is 19.7 Å². The van der Waals surface area contributed by atoms with E-state index in [9.17, 15) is 0 Å². The predicted octanol–water partition coefficient (Wildman–Crippen LogP) is 2.65. The molecule has 0 amide bonds. The number of ether oxygens (including phenoxy) is 1. The zero-order valence-electron chi connectivity index (χ0n) is 10.4. The van der Waals surface area contributed by atoms with Crippen molar-refractivity contribution in [3.8, 4) is 5.75 Å². The van der Waals surface area contributed by atoms with E-state index in [4.69, 9.17) is 22.1 Å². The van der Waals surface area contributed by atoms with Crippen molar-refractivity contribution in [2.45, 2.75) is 13.3 Å². The lowest BCUT2D eigenvalue weighted by molar-refractivity contribution is 0.322. The number of hydrogen-bond acceptors (Lipinski definition) is 2. The zero-order chi connectivity index (χ0) is 12.5. The smallest absolute Gasteiger partial charge is 0.188 e. The van der Waals surface area contributed by atoms with Crippen molar-refractivity contribution >= 4 is 41.5 Å². The van der Waals surface area contributed by atoms with Crippen LogP contribution in [0.5, 0.6) is 5.75 Å². The fraction of sp³-hybridized carbons (Fsp3) is 0.417. The molecule has 0 radical (unpaired) electrons. The molecule has 3 N–H and O–H groups in total. The zero-order valence-corrected chi connectivity index (χ0v) is 13.4. The van der Waals surface area contributed by atoms with Gasteiger partial charge in [0.1, 0.15) is 12.4 Å². The second kappa shape index (κ2) is 10.3. The first-order valence-electron chi connectivity index (χ1n) is 5.65. The van der Waals surface area contributed by atoms with Crippen LogP contribution in [0.25, 0.3) is 0 Å². The van der Waals surface area contributed by atoms with Gasteiger partial charge in [0.2, 0.25) is 0 Å². The van der Waals surface area contributed by atoms with Crippen LogP contribution in [0.3, 0.4) is 0 Å². The number of guanidine groups is 1. The Labute approximate surface area is 130 Å². The van der Waals surface area contributed by atoms with E-state index in [-0.39, 0.29) is 24.0 Å². The number of halogens is 2. The highest BCUT2D eigenvalue weighted by atomic mass is 127. The lowest BCUT2D eigenvalue weighted by atomic mass is 10.3. The topological polar surface area (TPSA) is 59.6 Å². The van der Waals surface area contributed by atoms with Crippen LogP contribution in [0, 0.1) is 0 Å². The molecule has 0 fully saturated rings. The van der Waals surface area contributed by atoms with E-state index < -0.39 is 0 Å². The van der Waals surface area contributed by atoms with Crippen LogP contribution in [0.1, 0.15) is 13.3 Å². The molecule has 0 atom stereocenters. The van der Waals surface area contributed by atoms with Gasteiger partial charge in [-0.05, 0) is 18.6 Å². The van der Waals surface area contributed by atoms with Gasteiger partial charge in [0, 0.05) is 6.54 Å². The Morgan fingerprint density at radius 2 is 2.17 bits per heavy atom. The van der Waals surface area contributed by atoms with E-state index in [1.54, 1.807) is 6.07 Å². The first-order chi connectivity index (χ1) is 8.24. The van der Waals surface area contributed by atoms with Gasteiger partial charge in [0.05, 0.1) is 11.6 Å². The van der Waals surface area contributed by atoms with Gasteiger partial charge >= 0.3 is 0 Å². The highest BCUT2D eigenvalue weighted by molar-refractivity contribution is 14.0. The van der Waals surface area contributed by atoms with Crippen LogP contribution in [-0.2, 0) is 0 Å². The molecule has 6 heteroatoms. The molecule has 0 aliphatic heterocycles. The minimum absolute atomic E-state index is 0. The monoisotopic (exact) mass is 383 g/mol. The summed E-state index contributed by atoms with van der Waals surface area (Å²) in [6.07, 6.45) is 0.985. The van der Waals surface area contributed by atoms with Gasteiger partial charge in [0.25, 0.3) is 0 Å². The summed E-state index contributed by atoms with van der Waals surface area (Å²) in [7, 11) is 0. The van der Waals surface area contributed by atoms with Crippen LogP contribution >= 0.6 is 35.6 Å². The molecule has 0 heterocycles. The molecule has 4 nitrogen and oxygen atoms in total. The van der Waals surface area contributed by atoms with Gasteiger partial charge < -0.3 is 15.8 Å². The Kier molecular flexibility index (Phi) is 9.86. The summed E-state index contributed by atoms with van der Waals surface area (Å²) in [4.78, 5) is 4.11. The lowest BCUT2D eigenvalue weighted by Gasteiger charge is -2.09. The second-order valence-electron chi connectivity index (χ2n) is 3.47. The van der Waals surface area contributed by atoms with Gasteiger partial charge in [0.15, 0.2) is 5.96 Å². The number of rotatable bonds is 6. The Hall–Kier alpha value is -0.690. The van der Waals surface area contributed by atoms with Gasteiger partial charge in [-0.1, -0.05) is 30.7 Å². The molecular formula is C12H19ClIN3O. The Morgan fingerprint density at radius 3 is 2.83 bits per heavy atom. The number of hydrogen-bond donors (Lipinski definition) is 2. The molecular weight excluding hydrogens is 365 g/mol. The first kappa shape index (κ1) is 17.3. The largest absolute Gasteiger partial charge is 0.490 e. The summed E-state index contributed by atoms with van der Waals surface area (Å²) in [5.41, 5.74) is 5.63. The molecule has 0 saturated heterocycles. The SMILES string of the molecule is CCCN=C(N)NCCOc1ccccc1Cl.I. The maximum Gasteiger partial charge on any atom is 0.188 e. The van der Waals surface area contributed by atoms with E-state index in [1.165, 1.54) is 0 Å². The summed E-state index contributed by atoms with van der Waals surface area (Å²) in [6.45, 7) is 3.89. The summed E-state index contributed by atoms with van der Waals surface area (Å²) in [6, 6.07) is 7.37. The van der Waals surface area contributed by atoms with E-state index >= 15 is 0 Å². The number of benzene rings is 1. The second-order valence-corrected chi connectivity index (χ2v) is 3.88. The minimum Gasteiger partial charge on any atom is -0.490 e. The fourth-order valence-corrected chi connectivity index (χ4v) is 1.38. The summed E-state index contributed by atoms with van der Waals surface area (Å²) >= 11 is 5.94. The van der Waals surface area contributed by atoms with Crippen LogP contribution < -0.4 is 15.8 Å². The summed E-state index contributed by atoms with van der Waals surface area (Å²) in [5.74, 6) is 1.13. The molecule has 18 heavy (non-hydrogen) atoms. The van der Waals surface area contributed by atoms with E-state index in [0.29, 0.717) is 29.9 Å². The standard InChI is InChI=1S/C12H18ClN3O.HI/c1-2-7-15-12(14)16-8-9-17-11-6-4-3-5-10(11)13;/h3-6H,2,7-9H2,1H3,(H3,14,15,16);1H. The predicted molar refractivity (Wildman–Crippen MR) is 87.1 cm³/mol. The molecule has 0 aliphatic carbocycles. The Morgan fingerprint density at radius 1 is 1.44 bits per heavy atom. The van der Waals surface area contributed by atoms with Crippen LogP contribution in [0.4, 0.5) is 0 Å². The Balaban J connectivity index is 0.00000289. The van der Waals surface area contributed by atoms with Crippen molar-refractivity contribution in [1.82, 2.24) is 5.32 Å². The molecule has 1 rings (SSSR count). The quantitative estimate of drug-likeness (QED) is 0.344. The van der Waals surface area contributed by atoms with Crippen molar-refractivity contribution in [1.29, 1.82) is 0 Å². The van der Waals surface area contributed by atoms with Crippen molar-refractivity contribution in [3.05, 3.63) is 29.3 Å². The van der Waals surface area contributed by atoms with Crippen molar-refractivity contribution in [2.24, 2.45) is 10.7 Å². The van der Waals surface area contributed by atoms with Crippen LogP contribution in [0.2, 0.25) is 5.02 Å². The van der Waals surface area contributed by atoms with Crippen LogP contribution in [-0.4, -0.2) is 25.7 Å². The maximum atomic E-state index is 5.94. The third-order valence-electron chi connectivity index (χ3n) is 2.01. The molecule has 0 unspecified atom stereocenters. The molecule has 0 aliphatic rings. The average Bonchev–Trinajstić information content (AvgIpc) is 2.34. The van der Waals surface area contributed by atoms with E-state index in [2.05, 4.69) is 17.2 Å². The van der Waals surface area contributed by atoms with E-state index in [1.807, 2.05) is 18.2 Å². The average molecular weight is 384 g/mol. The number of nitrogens with two attached hydrogens (primary N) is 1. The van der Waals surface area contributed by atoms with Crippen LogP contribution in [0.15, 0.2) is 29.3 Å². The van der Waals surface area contributed by atoms with Gasteiger partial charge in [-0.2, -0.15) is 0 Å². The number of nitrogens with one attached hydrogen (secondary N) is 1. The number of para-hydroxylation sites is 1. The van der Waals surface area contributed by atoms with Gasteiger partial charge in [-0.25, -0.2) is 0 Å². The Bertz CT molecular complexity index is 374. The molecule has 0 saturated carbocycles. The molecule has 1 aromatic carbocycles. The molecule has 0 aromatic heterocycles. The lowest BCUT2D eigenvalue weighted by Crippen LogP contribution is -2.34. The normalized spacial score (nSPS) is 10.7. The molecule has 0 bridgehead atoms. The summed E-state index contributed by atoms with van der Waals surface area (Å²) in [5, 5.41) is 3.58. The molecule has 102 valence electrons. The van der Waals surface area contributed by atoms with Gasteiger partial charge in [-0.15, -0.1) is 24.0 Å². The fourth-order valence-electron chi connectivity index (χ4n) is 1.19. The first-order valence-corrected chi connectivity index (χ1v) is 6.03. The summed E-state index contributed by atoms with van der Waals surface area (Å²) < 4.78 is 5.49. The van der Waals surface area contributed by atoms with Gasteiger partial charge in [-0.3, -0.25) is 4.99 Å². The van der Waals surface area contributed by atoms with E-state index in [0.717, 1.165) is 13.0 Å². The van der Waals surface area contributed by atoms with Crippen molar-refractivity contribution in [3.63, 3.8) is 0 Å². The number of nitrogens with zero attached hydrogens (tertiary/aromatic N) is 1. The van der Waals surface area contributed by atoms with Crippen molar-refractivity contribution < 1.29 is 4.74 Å². The highest BCUT2D eigenvalue weighted by Gasteiger charge is 1.98. The molecule has 0 spiro atoms. The minimum atomic E-state index is 0. The third kappa shape index (κ3) is 6.90. The maximum absolute atomic E-state index is 5.94. The highest BCUT2D eigenvalue weighted by Crippen LogP contribution is 2.22. The molecule has 1 aromatic rings. The number of aliphatic imine (C=N–C) groups is 1.